The van der Waals surface area contributed by atoms with Crippen LogP contribution in [-0.2, 0) is 4.43 Å². The fourth-order valence-electron chi connectivity index (χ4n) is 0.601. The Morgan fingerprint density at radius 2 is 2.50 bits per heavy atom. The molecule has 0 spiro atoms. The van der Waals surface area contributed by atoms with Crippen LogP contribution in [0.1, 0.15) is 10.4 Å². The number of hydrogen-bond acceptors (Lipinski definition) is 3. The van der Waals surface area contributed by atoms with Crippen molar-refractivity contribution in [1.82, 2.24) is 4.98 Å². The lowest BCUT2D eigenvalue weighted by molar-refractivity contribution is 0.0749. The average molecular weight is 153 g/mol. The number of carbonyl (C=O) groups is 1. The second kappa shape index (κ2) is 3.12. The van der Waals surface area contributed by atoms with Crippen molar-refractivity contribution in [2.45, 2.75) is 0 Å². The van der Waals surface area contributed by atoms with Crippen molar-refractivity contribution < 1.29 is 9.22 Å². The molecule has 0 N–H and O–H groups in total. The fraction of sp³-hybridized carbons (Fsp3) is 0. The maximum atomic E-state index is 10.8. The third kappa shape index (κ3) is 1.41. The van der Waals surface area contributed by atoms with Gasteiger partial charge in [-0.3, -0.25) is 4.98 Å². The molecule has 0 aliphatic carbocycles. The third-order valence-electron chi connectivity index (χ3n) is 1.08. The fourth-order valence-corrected chi connectivity index (χ4v) is 0.837. The van der Waals surface area contributed by atoms with Crippen molar-refractivity contribution in [3.8, 4) is 0 Å². The molecule has 1 aromatic heterocycles. The maximum absolute atomic E-state index is 10.8. The summed E-state index contributed by atoms with van der Waals surface area (Å²) in [5.41, 5.74) is 0.512. The van der Waals surface area contributed by atoms with E-state index in [2.05, 4.69) is 9.41 Å². The molecule has 0 atom stereocenters. The Kier molecular flexibility index (Phi) is 2.17. The normalized spacial score (nSPS) is 9.20. The molecule has 0 fully saturated rings. The number of hydrogen-bond donors (Lipinski definition) is 0. The Morgan fingerprint density at radius 3 is 3.00 bits per heavy atom. The average Bonchev–Trinajstić information content (AvgIpc) is 2.05. The van der Waals surface area contributed by atoms with Crippen LogP contribution < -0.4 is 0 Å². The van der Waals surface area contributed by atoms with Gasteiger partial charge in [0.1, 0.15) is 0 Å². The Morgan fingerprint density at radius 1 is 1.70 bits per heavy atom. The van der Waals surface area contributed by atoms with Gasteiger partial charge in [0.2, 0.25) is 10.5 Å². The molecule has 0 radical (unpaired) electrons. The quantitative estimate of drug-likeness (QED) is 0.511. The molecule has 0 unspecified atom stereocenters. The molecule has 0 bridgehead atoms. The monoisotopic (exact) mass is 153 g/mol. The van der Waals surface area contributed by atoms with Crippen molar-refractivity contribution in [3.05, 3.63) is 30.1 Å². The summed E-state index contributed by atoms with van der Waals surface area (Å²) in [7, 11) is 0.430. The zero-order chi connectivity index (χ0) is 7.40. The summed E-state index contributed by atoms with van der Waals surface area (Å²) in [5, 5.41) is 0. The van der Waals surface area contributed by atoms with Gasteiger partial charge in [-0.05, 0) is 12.1 Å². The van der Waals surface area contributed by atoms with Gasteiger partial charge in [-0.25, -0.2) is 4.79 Å². The van der Waals surface area contributed by atoms with Crippen LogP contribution in [0.25, 0.3) is 0 Å². The van der Waals surface area contributed by atoms with E-state index >= 15 is 0 Å². The highest BCUT2D eigenvalue weighted by molar-refractivity contribution is 6.09. The Hall–Kier alpha value is -1.16. The molecule has 0 amide bonds. The van der Waals surface area contributed by atoms with Gasteiger partial charge < -0.3 is 4.43 Å². The Balaban J connectivity index is 2.85. The lowest BCUT2D eigenvalue weighted by Crippen LogP contribution is -2.01. The second-order valence-corrected chi connectivity index (χ2v) is 2.14. The Labute approximate surface area is 61.6 Å². The standard InChI is InChI=1S/C6H7NO2Si/c8-6(9-10)5-2-1-3-7-4-5/h1-4H,10H3. The molecule has 4 heteroatoms. The van der Waals surface area contributed by atoms with Gasteiger partial charge in [0.05, 0.1) is 5.56 Å². The zero-order valence-electron chi connectivity index (χ0n) is 5.57. The highest BCUT2D eigenvalue weighted by Gasteiger charge is 2.00. The van der Waals surface area contributed by atoms with E-state index in [1.165, 1.54) is 6.20 Å². The first-order chi connectivity index (χ1) is 4.84. The van der Waals surface area contributed by atoms with E-state index in [0.717, 1.165) is 0 Å². The van der Waals surface area contributed by atoms with Crippen molar-refractivity contribution in [2.75, 3.05) is 0 Å². The first kappa shape index (κ1) is 6.95. The highest BCUT2D eigenvalue weighted by Crippen LogP contribution is 1.95. The molecule has 10 heavy (non-hydrogen) atoms. The molecule has 0 aliphatic rings. The van der Waals surface area contributed by atoms with E-state index in [4.69, 9.17) is 0 Å². The number of nitrogens with zero attached hydrogens (tertiary/aromatic N) is 1. The van der Waals surface area contributed by atoms with Gasteiger partial charge in [-0.2, -0.15) is 0 Å². The minimum atomic E-state index is -0.292. The number of rotatable bonds is 1. The minimum Gasteiger partial charge on any atom is -0.525 e. The van der Waals surface area contributed by atoms with Crippen molar-refractivity contribution >= 4 is 16.5 Å². The van der Waals surface area contributed by atoms with Crippen molar-refractivity contribution in [2.24, 2.45) is 0 Å². The summed E-state index contributed by atoms with van der Waals surface area (Å²) in [6.07, 6.45) is 3.10. The summed E-state index contributed by atoms with van der Waals surface area (Å²) in [6.45, 7) is 0. The molecular weight excluding hydrogens is 146 g/mol. The van der Waals surface area contributed by atoms with Crippen LogP contribution in [0, 0.1) is 0 Å². The number of carbonyl (C=O) groups excluding carboxylic acids is 1. The van der Waals surface area contributed by atoms with E-state index in [0.29, 0.717) is 16.0 Å². The van der Waals surface area contributed by atoms with E-state index in [1.54, 1.807) is 18.3 Å². The lowest BCUT2D eigenvalue weighted by Gasteiger charge is -1.95. The summed E-state index contributed by atoms with van der Waals surface area (Å²) in [5.74, 6) is -0.292. The van der Waals surface area contributed by atoms with E-state index < -0.39 is 0 Å². The summed E-state index contributed by atoms with van der Waals surface area (Å²) in [6, 6.07) is 3.38. The predicted octanol–water partition coefficient (Wildman–Crippen LogP) is -0.481. The molecule has 0 saturated heterocycles. The van der Waals surface area contributed by atoms with E-state index in [9.17, 15) is 4.79 Å². The number of pyridine rings is 1. The smallest absolute Gasteiger partial charge is 0.325 e. The van der Waals surface area contributed by atoms with Gasteiger partial charge in [-0.15, -0.1) is 0 Å². The molecule has 3 nitrogen and oxygen atoms in total. The third-order valence-corrected chi connectivity index (χ3v) is 1.45. The molecule has 1 aromatic rings. The zero-order valence-corrected chi connectivity index (χ0v) is 7.57. The maximum Gasteiger partial charge on any atom is 0.325 e. The van der Waals surface area contributed by atoms with E-state index in [1.807, 2.05) is 0 Å². The van der Waals surface area contributed by atoms with Crippen LogP contribution in [0.4, 0.5) is 0 Å². The molecule has 1 rings (SSSR count). The van der Waals surface area contributed by atoms with Gasteiger partial charge in [0.15, 0.2) is 0 Å². The van der Waals surface area contributed by atoms with Crippen LogP contribution in [0.5, 0.6) is 0 Å². The lowest BCUT2D eigenvalue weighted by atomic mass is 10.3. The molecule has 1 heterocycles. The second-order valence-electron chi connectivity index (χ2n) is 1.73. The predicted molar refractivity (Wildman–Crippen MR) is 39.6 cm³/mol. The Bertz CT molecular complexity index is 224. The van der Waals surface area contributed by atoms with Gasteiger partial charge in [-0.1, -0.05) is 0 Å². The van der Waals surface area contributed by atoms with Gasteiger partial charge in [0, 0.05) is 12.4 Å². The van der Waals surface area contributed by atoms with Crippen molar-refractivity contribution in [3.63, 3.8) is 0 Å². The molecule has 0 aliphatic heterocycles. The molecular formula is C6H7NO2Si. The molecule has 0 aromatic carbocycles. The SMILES string of the molecule is O=C(O[SiH3])c1cccnc1. The van der Waals surface area contributed by atoms with Crippen LogP contribution in [0.2, 0.25) is 0 Å². The number of aromatic nitrogens is 1. The first-order valence-electron chi connectivity index (χ1n) is 2.83. The van der Waals surface area contributed by atoms with Crippen LogP contribution in [0.3, 0.4) is 0 Å². The van der Waals surface area contributed by atoms with E-state index in [-0.39, 0.29) is 5.97 Å². The van der Waals surface area contributed by atoms with Gasteiger partial charge >= 0.3 is 5.97 Å². The first-order valence-corrected chi connectivity index (χ1v) is 3.64. The topological polar surface area (TPSA) is 39.2 Å². The van der Waals surface area contributed by atoms with Gasteiger partial charge in [0.25, 0.3) is 0 Å². The summed E-state index contributed by atoms with van der Waals surface area (Å²) >= 11 is 0. The van der Waals surface area contributed by atoms with Crippen LogP contribution >= 0.6 is 0 Å². The summed E-state index contributed by atoms with van der Waals surface area (Å²) < 4.78 is 4.60. The largest absolute Gasteiger partial charge is 0.525 e. The van der Waals surface area contributed by atoms with Crippen LogP contribution in [-0.4, -0.2) is 21.4 Å². The van der Waals surface area contributed by atoms with Crippen LogP contribution in [0.15, 0.2) is 24.5 Å². The summed E-state index contributed by atoms with van der Waals surface area (Å²) in [4.78, 5) is 14.6. The molecule has 0 saturated carbocycles. The molecule has 52 valence electrons. The minimum absolute atomic E-state index is 0.292. The highest BCUT2D eigenvalue weighted by atomic mass is 28.2. The van der Waals surface area contributed by atoms with Crippen molar-refractivity contribution in [1.29, 1.82) is 0 Å².